The molecule has 4 aromatic rings. The fourth-order valence-corrected chi connectivity index (χ4v) is 4.52. The first kappa shape index (κ1) is 19.3. The molecule has 0 unspecified atom stereocenters. The van der Waals surface area contributed by atoms with Crippen LogP contribution >= 0.6 is 22.7 Å². The number of nitrogen functional groups attached to an aromatic ring is 1. The van der Waals surface area contributed by atoms with Crippen LogP contribution in [-0.2, 0) is 6.18 Å². The summed E-state index contributed by atoms with van der Waals surface area (Å²) < 4.78 is 54.4. The number of fused-ring (bicyclic) bond motifs is 1. The Hall–Kier alpha value is -2.98. The molecule has 148 valence electrons. The highest BCUT2D eigenvalue weighted by atomic mass is 32.1. The number of nitrogens with zero attached hydrogens (tertiary/aromatic N) is 1. The largest absolute Gasteiger partial charge is 0.417 e. The van der Waals surface area contributed by atoms with Gasteiger partial charge in [-0.25, -0.2) is 9.37 Å². The molecule has 1 amide bonds. The molecule has 0 fully saturated rings. The van der Waals surface area contributed by atoms with Gasteiger partial charge in [0.1, 0.15) is 15.5 Å². The Balaban J connectivity index is 1.84. The number of aromatic nitrogens is 1. The Bertz CT molecular complexity index is 1220. The van der Waals surface area contributed by atoms with Gasteiger partial charge >= 0.3 is 6.18 Å². The fraction of sp³-hybridized carbons (Fsp3) is 0.0526. The lowest BCUT2D eigenvalue weighted by Gasteiger charge is -2.10. The number of nitrogens with two attached hydrogens (primary N) is 1. The third kappa shape index (κ3) is 3.68. The molecule has 0 radical (unpaired) electrons. The van der Waals surface area contributed by atoms with E-state index in [-0.39, 0.29) is 32.2 Å². The molecule has 3 aromatic heterocycles. The number of hydrogen-bond donors (Lipinski definition) is 2. The number of carbonyl (C=O) groups is 1. The second-order valence-electron chi connectivity index (χ2n) is 6.02. The first-order valence-electron chi connectivity index (χ1n) is 8.15. The normalized spacial score (nSPS) is 11.7. The average Bonchev–Trinajstić information content (AvgIpc) is 3.29. The van der Waals surface area contributed by atoms with Crippen LogP contribution in [0.3, 0.4) is 0 Å². The second kappa shape index (κ2) is 7.12. The van der Waals surface area contributed by atoms with E-state index in [1.165, 1.54) is 29.5 Å². The maximum absolute atomic E-state index is 13.7. The van der Waals surface area contributed by atoms with Gasteiger partial charge in [0.15, 0.2) is 0 Å². The Morgan fingerprint density at radius 3 is 2.59 bits per heavy atom. The number of amides is 1. The number of benzene rings is 1. The topological polar surface area (TPSA) is 68.0 Å². The van der Waals surface area contributed by atoms with Crippen LogP contribution in [0.2, 0.25) is 0 Å². The van der Waals surface area contributed by atoms with Crippen LogP contribution in [-0.4, -0.2) is 10.9 Å². The van der Waals surface area contributed by atoms with Crippen molar-refractivity contribution in [2.75, 3.05) is 11.1 Å². The van der Waals surface area contributed by atoms with Crippen molar-refractivity contribution in [2.45, 2.75) is 6.18 Å². The summed E-state index contributed by atoms with van der Waals surface area (Å²) in [5.41, 5.74) is 4.98. The summed E-state index contributed by atoms with van der Waals surface area (Å²) in [4.78, 5) is 17.3. The molecule has 0 spiro atoms. The van der Waals surface area contributed by atoms with Gasteiger partial charge in [0.2, 0.25) is 0 Å². The number of thiophene rings is 2. The lowest BCUT2D eigenvalue weighted by Crippen LogP contribution is -2.12. The quantitative estimate of drug-likeness (QED) is 0.385. The summed E-state index contributed by atoms with van der Waals surface area (Å²) in [5, 5.41) is 3.86. The molecule has 0 bridgehead atoms. The molecule has 29 heavy (non-hydrogen) atoms. The molecule has 0 aliphatic heterocycles. The highest BCUT2D eigenvalue weighted by Crippen LogP contribution is 2.44. The minimum atomic E-state index is -4.68. The van der Waals surface area contributed by atoms with E-state index in [9.17, 15) is 22.4 Å². The van der Waals surface area contributed by atoms with Gasteiger partial charge in [0.05, 0.1) is 21.8 Å². The first-order valence-corrected chi connectivity index (χ1v) is 9.84. The van der Waals surface area contributed by atoms with E-state index in [2.05, 4.69) is 10.3 Å². The Labute approximate surface area is 169 Å². The lowest BCUT2D eigenvalue weighted by atomic mass is 10.1. The summed E-state index contributed by atoms with van der Waals surface area (Å²) in [5.74, 6) is -1.30. The maximum atomic E-state index is 13.7. The first-order chi connectivity index (χ1) is 13.7. The predicted molar refractivity (Wildman–Crippen MR) is 107 cm³/mol. The number of halogens is 4. The summed E-state index contributed by atoms with van der Waals surface area (Å²) in [6.07, 6.45) is -4.68. The highest BCUT2D eigenvalue weighted by molar-refractivity contribution is 7.21. The highest BCUT2D eigenvalue weighted by Gasteiger charge is 2.36. The molecule has 3 N–H and O–H groups in total. The van der Waals surface area contributed by atoms with Gasteiger partial charge in [0.25, 0.3) is 5.91 Å². The number of hydrogen-bond acceptors (Lipinski definition) is 5. The van der Waals surface area contributed by atoms with Gasteiger partial charge in [0, 0.05) is 11.1 Å². The van der Waals surface area contributed by atoms with E-state index in [1.54, 1.807) is 17.5 Å². The second-order valence-corrected chi connectivity index (χ2v) is 7.97. The standard InChI is InChI=1S/C19H11F4N3OS2/c20-9-3-1-4-10(7-9)25-17(27)16-15(24)14-11(19(21,22)23)8-12(26-18(14)29-16)13-5-2-6-28-13/h1-8H,24H2,(H,25,27). The van der Waals surface area contributed by atoms with Crippen LogP contribution in [0.4, 0.5) is 28.9 Å². The van der Waals surface area contributed by atoms with Gasteiger partial charge in [-0.2, -0.15) is 13.2 Å². The number of nitrogens with one attached hydrogen (secondary N) is 1. The minimum Gasteiger partial charge on any atom is -0.397 e. The van der Waals surface area contributed by atoms with Crippen LogP contribution in [0, 0.1) is 5.82 Å². The van der Waals surface area contributed by atoms with Crippen LogP contribution in [0.25, 0.3) is 20.8 Å². The van der Waals surface area contributed by atoms with Crippen LogP contribution in [0.1, 0.15) is 15.2 Å². The van der Waals surface area contributed by atoms with Gasteiger partial charge in [-0.3, -0.25) is 4.79 Å². The van der Waals surface area contributed by atoms with Crippen molar-refractivity contribution in [3.63, 3.8) is 0 Å². The molecule has 4 nitrogen and oxygen atoms in total. The molecular weight excluding hydrogens is 426 g/mol. The lowest BCUT2D eigenvalue weighted by molar-refractivity contribution is -0.136. The van der Waals surface area contributed by atoms with Crippen molar-refractivity contribution in [3.8, 4) is 10.6 Å². The molecule has 0 aliphatic rings. The molecule has 1 aromatic carbocycles. The molecule has 0 aliphatic carbocycles. The molecule has 0 atom stereocenters. The van der Waals surface area contributed by atoms with Gasteiger partial charge in [-0.1, -0.05) is 12.1 Å². The minimum absolute atomic E-state index is 0.00474. The monoisotopic (exact) mass is 437 g/mol. The molecule has 10 heteroatoms. The van der Waals surface area contributed by atoms with E-state index in [0.717, 1.165) is 23.5 Å². The third-order valence-electron chi connectivity index (χ3n) is 4.07. The van der Waals surface area contributed by atoms with E-state index < -0.39 is 23.5 Å². The molecule has 0 saturated carbocycles. The van der Waals surface area contributed by atoms with Crippen molar-refractivity contribution in [3.05, 3.63) is 64.1 Å². The van der Waals surface area contributed by atoms with Gasteiger partial charge in [-0.05, 0) is 35.7 Å². The van der Waals surface area contributed by atoms with Crippen molar-refractivity contribution in [2.24, 2.45) is 0 Å². The van der Waals surface area contributed by atoms with E-state index in [0.29, 0.717) is 4.88 Å². The Kier molecular flexibility index (Phi) is 4.75. The number of pyridine rings is 1. The number of anilines is 2. The molecule has 4 rings (SSSR count). The molecule has 0 saturated heterocycles. The van der Waals surface area contributed by atoms with Crippen LogP contribution in [0.15, 0.2) is 47.8 Å². The third-order valence-corrected chi connectivity index (χ3v) is 6.06. The zero-order chi connectivity index (χ0) is 20.8. The zero-order valence-corrected chi connectivity index (χ0v) is 16.0. The summed E-state index contributed by atoms with van der Waals surface area (Å²) in [6.45, 7) is 0. The Morgan fingerprint density at radius 1 is 1.14 bits per heavy atom. The zero-order valence-electron chi connectivity index (χ0n) is 14.4. The van der Waals surface area contributed by atoms with Gasteiger partial charge in [-0.15, -0.1) is 22.7 Å². The summed E-state index contributed by atoms with van der Waals surface area (Å²) >= 11 is 2.01. The van der Waals surface area contributed by atoms with Crippen molar-refractivity contribution in [1.82, 2.24) is 4.98 Å². The maximum Gasteiger partial charge on any atom is 0.417 e. The van der Waals surface area contributed by atoms with E-state index >= 15 is 0 Å². The smallest absolute Gasteiger partial charge is 0.397 e. The number of alkyl halides is 3. The fourth-order valence-electron chi connectivity index (χ4n) is 2.82. The molecule has 3 heterocycles. The van der Waals surface area contributed by atoms with Crippen molar-refractivity contribution in [1.29, 1.82) is 0 Å². The molecular formula is C19H11F4N3OS2. The summed E-state index contributed by atoms with van der Waals surface area (Å²) in [7, 11) is 0. The Morgan fingerprint density at radius 2 is 1.93 bits per heavy atom. The van der Waals surface area contributed by atoms with Gasteiger partial charge < -0.3 is 11.1 Å². The van der Waals surface area contributed by atoms with Crippen LogP contribution < -0.4 is 11.1 Å². The van der Waals surface area contributed by atoms with Crippen LogP contribution in [0.5, 0.6) is 0 Å². The van der Waals surface area contributed by atoms with Crippen molar-refractivity contribution >= 4 is 50.2 Å². The number of carbonyl (C=O) groups excluding carboxylic acids is 1. The number of rotatable bonds is 3. The van der Waals surface area contributed by atoms with E-state index in [1.807, 2.05) is 0 Å². The predicted octanol–water partition coefficient (Wildman–Crippen LogP) is 6.02. The van der Waals surface area contributed by atoms with Crippen molar-refractivity contribution < 1.29 is 22.4 Å². The SMILES string of the molecule is Nc1c(C(=O)Nc2cccc(F)c2)sc2nc(-c3cccs3)cc(C(F)(F)F)c12. The van der Waals surface area contributed by atoms with E-state index in [4.69, 9.17) is 5.73 Å². The summed E-state index contributed by atoms with van der Waals surface area (Å²) in [6, 6.07) is 9.46. The average molecular weight is 437 g/mol.